The third-order valence-corrected chi connectivity index (χ3v) is 9.74. The van der Waals surface area contributed by atoms with E-state index in [-0.39, 0.29) is 5.41 Å². The van der Waals surface area contributed by atoms with Gasteiger partial charge in [-0.15, -0.1) is 0 Å². The van der Waals surface area contributed by atoms with E-state index in [1.165, 1.54) is 128 Å². The Labute approximate surface area is 188 Å². The van der Waals surface area contributed by atoms with Gasteiger partial charge in [-0.05, 0) is 81.0 Å². The molecule has 3 rings (SSSR count). The zero-order valence-corrected chi connectivity index (χ0v) is 20.5. The SMILES string of the molecule is CCCCCCCC1CCC(C2(C#N)CCC(C3CCC(CCC)CC3)CC2)CC1. The smallest absolute Gasteiger partial charge is 0.0692 e. The predicted molar refractivity (Wildman–Crippen MR) is 129 cm³/mol. The first-order chi connectivity index (χ1) is 14.7. The predicted octanol–water partition coefficient (Wildman–Crippen LogP) is 9.46. The van der Waals surface area contributed by atoms with E-state index >= 15 is 0 Å². The lowest BCUT2D eigenvalue weighted by molar-refractivity contribution is 0.0602. The maximum absolute atomic E-state index is 10.2. The van der Waals surface area contributed by atoms with Gasteiger partial charge in [0, 0.05) is 0 Å². The van der Waals surface area contributed by atoms with Crippen LogP contribution in [0.25, 0.3) is 0 Å². The van der Waals surface area contributed by atoms with E-state index in [1.807, 2.05) is 0 Å². The number of rotatable bonds is 10. The molecule has 0 atom stereocenters. The van der Waals surface area contributed by atoms with Crippen LogP contribution in [-0.2, 0) is 0 Å². The summed E-state index contributed by atoms with van der Waals surface area (Å²) < 4.78 is 0. The lowest BCUT2D eigenvalue weighted by Crippen LogP contribution is -2.38. The summed E-state index contributed by atoms with van der Waals surface area (Å²) in [6.07, 6.45) is 28.0. The summed E-state index contributed by atoms with van der Waals surface area (Å²) >= 11 is 0. The van der Waals surface area contributed by atoms with Crippen molar-refractivity contribution in [3.63, 3.8) is 0 Å². The summed E-state index contributed by atoms with van der Waals surface area (Å²) in [7, 11) is 0. The van der Waals surface area contributed by atoms with Crippen molar-refractivity contribution in [3.8, 4) is 6.07 Å². The molecule has 3 fully saturated rings. The topological polar surface area (TPSA) is 23.8 Å². The molecule has 30 heavy (non-hydrogen) atoms. The molecular formula is C29H51N. The van der Waals surface area contributed by atoms with Crippen LogP contribution in [-0.4, -0.2) is 0 Å². The number of nitrogens with zero attached hydrogens (tertiary/aromatic N) is 1. The molecule has 3 aliphatic carbocycles. The van der Waals surface area contributed by atoms with Crippen LogP contribution in [0, 0.1) is 46.3 Å². The van der Waals surface area contributed by atoms with Crippen LogP contribution in [0.15, 0.2) is 0 Å². The van der Waals surface area contributed by atoms with E-state index in [0.717, 1.165) is 23.7 Å². The molecule has 0 amide bonds. The molecule has 0 aromatic rings. The molecule has 0 aliphatic heterocycles. The van der Waals surface area contributed by atoms with Gasteiger partial charge in [-0.2, -0.15) is 5.26 Å². The molecular weight excluding hydrogens is 362 g/mol. The molecule has 0 heterocycles. The molecule has 0 aromatic heterocycles. The lowest BCUT2D eigenvalue weighted by atomic mass is 9.57. The van der Waals surface area contributed by atoms with Crippen LogP contribution in [0.3, 0.4) is 0 Å². The molecule has 3 aliphatic rings. The van der Waals surface area contributed by atoms with Crippen molar-refractivity contribution >= 4 is 0 Å². The van der Waals surface area contributed by atoms with Crippen molar-refractivity contribution in [2.75, 3.05) is 0 Å². The van der Waals surface area contributed by atoms with Gasteiger partial charge in [-0.1, -0.05) is 90.9 Å². The van der Waals surface area contributed by atoms with Gasteiger partial charge in [-0.3, -0.25) is 0 Å². The summed E-state index contributed by atoms with van der Waals surface area (Å²) in [6.45, 7) is 4.65. The van der Waals surface area contributed by atoms with E-state index in [9.17, 15) is 5.26 Å². The highest BCUT2D eigenvalue weighted by atomic mass is 14.5. The average Bonchev–Trinajstić information content (AvgIpc) is 2.80. The second-order valence-electron chi connectivity index (χ2n) is 11.6. The molecule has 0 radical (unpaired) electrons. The Kier molecular flexibility index (Phi) is 10.1. The van der Waals surface area contributed by atoms with Gasteiger partial charge in [0.1, 0.15) is 0 Å². The van der Waals surface area contributed by atoms with Gasteiger partial charge < -0.3 is 0 Å². The van der Waals surface area contributed by atoms with Gasteiger partial charge in [0.05, 0.1) is 11.5 Å². The fourth-order valence-electron chi connectivity index (χ4n) is 7.63. The normalized spacial score (nSPS) is 37.6. The summed E-state index contributed by atoms with van der Waals surface area (Å²) in [5.41, 5.74) is 0.0437. The fraction of sp³-hybridized carbons (Fsp3) is 0.966. The second-order valence-corrected chi connectivity index (χ2v) is 11.6. The molecule has 0 bridgehead atoms. The van der Waals surface area contributed by atoms with E-state index in [0.29, 0.717) is 5.92 Å². The van der Waals surface area contributed by atoms with Crippen LogP contribution in [0.5, 0.6) is 0 Å². The fourth-order valence-corrected chi connectivity index (χ4v) is 7.63. The minimum absolute atomic E-state index is 0.0437. The number of hydrogen-bond donors (Lipinski definition) is 0. The summed E-state index contributed by atoms with van der Waals surface area (Å²) in [6, 6.07) is 2.92. The van der Waals surface area contributed by atoms with Crippen molar-refractivity contribution in [2.24, 2.45) is 35.0 Å². The standard InChI is InChI=1S/C29H51N/c1-3-5-6-7-8-10-25-13-17-28(18-14-25)29(23-30)21-19-27(20-22-29)26-15-11-24(9-4-2)12-16-26/h24-28H,3-22H2,1-2H3. The summed E-state index contributed by atoms with van der Waals surface area (Å²) in [5, 5.41) is 10.2. The first kappa shape index (κ1) is 24.1. The Balaban J connectivity index is 1.39. The summed E-state index contributed by atoms with van der Waals surface area (Å²) in [4.78, 5) is 0. The minimum atomic E-state index is 0.0437. The van der Waals surface area contributed by atoms with Gasteiger partial charge in [-0.25, -0.2) is 0 Å². The molecule has 3 saturated carbocycles. The molecule has 0 spiro atoms. The van der Waals surface area contributed by atoms with Crippen molar-refractivity contribution < 1.29 is 0 Å². The number of nitriles is 1. The maximum atomic E-state index is 10.2. The van der Waals surface area contributed by atoms with Crippen molar-refractivity contribution in [1.29, 1.82) is 5.26 Å². The van der Waals surface area contributed by atoms with Crippen LogP contribution in [0.2, 0.25) is 0 Å². The number of unbranched alkanes of at least 4 members (excludes halogenated alkanes) is 4. The van der Waals surface area contributed by atoms with E-state index in [4.69, 9.17) is 0 Å². The van der Waals surface area contributed by atoms with E-state index in [2.05, 4.69) is 19.9 Å². The zero-order chi connectivity index (χ0) is 21.2. The molecule has 0 unspecified atom stereocenters. The highest BCUT2D eigenvalue weighted by Gasteiger charge is 2.44. The molecule has 0 aromatic carbocycles. The lowest BCUT2D eigenvalue weighted by Gasteiger charge is -2.46. The molecule has 0 N–H and O–H groups in total. The van der Waals surface area contributed by atoms with E-state index < -0.39 is 0 Å². The molecule has 0 saturated heterocycles. The molecule has 172 valence electrons. The summed E-state index contributed by atoms with van der Waals surface area (Å²) in [5.74, 6) is 4.62. The largest absolute Gasteiger partial charge is 0.198 e. The monoisotopic (exact) mass is 413 g/mol. The Bertz CT molecular complexity index is 493. The van der Waals surface area contributed by atoms with Gasteiger partial charge in [0.2, 0.25) is 0 Å². The van der Waals surface area contributed by atoms with Crippen molar-refractivity contribution in [2.45, 2.75) is 142 Å². The third-order valence-electron chi connectivity index (χ3n) is 9.74. The van der Waals surface area contributed by atoms with Crippen molar-refractivity contribution in [3.05, 3.63) is 0 Å². The molecule has 1 nitrogen and oxygen atoms in total. The highest BCUT2D eigenvalue weighted by Crippen LogP contribution is 2.52. The maximum Gasteiger partial charge on any atom is 0.0692 e. The average molecular weight is 414 g/mol. The van der Waals surface area contributed by atoms with Crippen LogP contribution in [0.1, 0.15) is 142 Å². The Morgan fingerprint density at radius 1 is 0.633 bits per heavy atom. The first-order valence-electron chi connectivity index (χ1n) is 14.1. The van der Waals surface area contributed by atoms with Gasteiger partial charge >= 0.3 is 0 Å². The number of hydrogen-bond acceptors (Lipinski definition) is 1. The Hall–Kier alpha value is -0.510. The first-order valence-corrected chi connectivity index (χ1v) is 14.1. The van der Waals surface area contributed by atoms with Crippen LogP contribution in [0.4, 0.5) is 0 Å². The van der Waals surface area contributed by atoms with Gasteiger partial charge in [0.15, 0.2) is 0 Å². The van der Waals surface area contributed by atoms with Gasteiger partial charge in [0.25, 0.3) is 0 Å². The zero-order valence-electron chi connectivity index (χ0n) is 20.5. The minimum Gasteiger partial charge on any atom is -0.198 e. The van der Waals surface area contributed by atoms with Crippen molar-refractivity contribution in [1.82, 2.24) is 0 Å². The molecule has 1 heteroatoms. The Morgan fingerprint density at radius 2 is 1.20 bits per heavy atom. The third kappa shape index (κ3) is 6.50. The second kappa shape index (κ2) is 12.5. The quantitative estimate of drug-likeness (QED) is 0.327. The Morgan fingerprint density at radius 3 is 1.80 bits per heavy atom. The van der Waals surface area contributed by atoms with E-state index in [1.54, 1.807) is 0 Å². The van der Waals surface area contributed by atoms with Crippen LogP contribution < -0.4 is 0 Å². The van der Waals surface area contributed by atoms with Crippen LogP contribution >= 0.6 is 0 Å². The highest BCUT2D eigenvalue weighted by molar-refractivity contribution is 5.06.